The summed E-state index contributed by atoms with van der Waals surface area (Å²) in [7, 11) is 5.68. The largest absolute Gasteiger partial charge is 0.378 e. The van der Waals surface area contributed by atoms with E-state index in [4.69, 9.17) is 4.74 Å². The molecule has 1 heterocycles. The minimum absolute atomic E-state index is 0.0306. The number of amides is 1. The highest BCUT2D eigenvalue weighted by molar-refractivity contribution is 7.09. The maximum absolute atomic E-state index is 11.6. The molecule has 102 valence electrons. The molecule has 5 nitrogen and oxygen atoms in total. The molecule has 6 heteroatoms. The molecule has 0 aliphatic rings. The van der Waals surface area contributed by atoms with Gasteiger partial charge in [0.15, 0.2) is 0 Å². The summed E-state index contributed by atoms with van der Waals surface area (Å²) < 4.78 is 4.99. The van der Waals surface area contributed by atoms with E-state index in [1.165, 1.54) is 11.3 Å². The Hall–Kier alpha value is -0.980. The Bertz CT molecular complexity index is 366. The molecule has 1 aromatic rings. The van der Waals surface area contributed by atoms with Crippen LogP contribution in [0.4, 0.5) is 0 Å². The molecule has 0 fully saturated rings. The zero-order valence-electron chi connectivity index (χ0n) is 11.2. The number of rotatable bonds is 8. The molecular weight excluding hydrogens is 250 g/mol. The van der Waals surface area contributed by atoms with Crippen molar-refractivity contribution < 1.29 is 9.53 Å². The van der Waals surface area contributed by atoms with Crippen LogP contribution in [-0.2, 0) is 22.6 Å². The maximum Gasteiger partial charge on any atom is 0.226 e. The molecule has 1 N–H and O–H groups in total. The highest BCUT2D eigenvalue weighted by atomic mass is 32.1. The first-order chi connectivity index (χ1) is 8.61. The van der Waals surface area contributed by atoms with Crippen molar-refractivity contribution in [1.29, 1.82) is 0 Å². The second-order valence-corrected chi connectivity index (χ2v) is 5.29. The van der Waals surface area contributed by atoms with Crippen molar-refractivity contribution in [1.82, 2.24) is 15.2 Å². The van der Waals surface area contributed by atoms with Gasteiger partial charge in [-0.1, -0.05) is 0 Å². The van der Waals surface area contributed by atoms with Gasteiger partial charge in [-0.15, -0.1) is 11.3 Å². The van der Waals surface area contributed by atoms with Gasteiger partial charge in [0.25, 0.3) is 0 Å². The fourth-order valence-corrected chi connectivity index (χ4v) is 2.23. The average Bonchev–Trinajstić information content (AvgIpc) is 2.72. The van der Waals surface area contributed by atoms with Gasteiger partial charge in [0.1, 0.15) is 5.01 Å². The number of thiazole rings is 1. The van der Waals surface area contributed by atoms with E-state index in [1.54, 1.807) is 7.11 Å². The first-order valence-electron chi connectivity index (χ1n) is 5.95. The van der Waals surface area contributed by atoms with Gasteiger partial charge in [0, 0.05) is 19.0 Å². The van der Waals surface area contributed by atoms with Gasteiger partial charge < -0.3 is 15.0 Å². The molecule has 1 aromatic heterocycles. The van der Waals surface area contributed by atoms with Crippen LogP contribution >= 0.6 is 11.3 Å². The zero-order chi connectivity index (χ0) is 13.4. The van der Waals surface area contributed by atoms with Crippen molar-refractivity contribution in [3.63, 3.8) is 0 Å². The normalized spacial score (nSPS) is 10.9. The predicted molar refractivity (Wildman–Crippen MR) is 72.7 cm³/mol. The van der Waals surface area contributed by atoms with Crippen molar-refractivity contribution in [3.8, 4) is 0 Å². The van der Waals surface area contributed by atoms with Crippen LogP contribution < -0.4 is 5.32 Å². The molecule has 0 unspecified atom stereocenters. The quantitative estimate of drug-likeness (QED) is 0.714. The van der Waals surface area contributed by atoms with E-state index in [9.17, 15) is 4.79 Å². The lowest BCUT2D eigenvalue weighted by molar-refractivity contribution is -0.120. The summed E-state index contributed by atoms with van der Waals surface area (Å²) in [6.07, 6.45) is 1.31. The first kappa shape index (κ1) is 15.1. The van der Waals surface area contributed by atoms with Crippen LogP contribution in [0, 0.1) is 0 Å². The second kappa shape index (κ2) is 8.18. The van der Waals surface area contributed by atoms with E-state index in [0.717, 1.165) is 23.7 Å². The summed E-state index contributed by atoms with van der Waals surface area (Å²) >= 11 is 1.53. The highest BCUT2D eigenvalue weighted by Gasteiger charge is 2.07. The van der Waals surface area contributed by atoms with E-state index in [1.807, 2.05) is 19.5 Å². The molecule has 0 aromatic carbocycles. The minimum atomic E-state index is 0.0306. The topological polar surface area (TPSA) is 54.5 Å². The molecule has 0 atom stereocenters. The Morgan fingerprint density at radius 1 is 1.56 bits per heavy atom. The average molecular weight is 271 g/mol. The van der Waals surface area contributed by atoms with Gasteiger partial charge >= 0.3 is 0 Å². The standard InChI is InChI=1S/C12H21N3O2S/c1-15(2)6-4-5-13-11(16)7-10-9-18-12(14-10)8-17-3/h9H,4-8H2,1-3H3,(H,13,16). The summed E-state index contributed by atoms with van der Waals surface area (Å²) in [6.45, 7) is 2.20. The number of aromatic nitrogens is 1. The second-order valence-electron chi connectivity index (χ2n) is 4.35. The Kier molecular flexibility index (Phi) is 6.85. The van der Waals surface area contributed by atoms with E-state index >= 15 is 0 Å². The van der Waals surface area contributed by atoms with E-state index in [0.29, 0.717) is 19.6 Å². The lowest BCUT2D eigenvalue weighted by Crippen LogP contribution is -2.28. The van der Waals surface area contributed by atoms with E-state index < -0.39 is 0 Å². The maximum atomic E-state index is 11.6. The summed E-state index contributed by atoms with van der Waals surface area (Å²) in [4.78, 5) is 18.1. The molecule has 0 aliphatic heterocycles. The number of hydrogen-bond acceptors (Lipinski definition) is 5. The molecule has 1 amide bonds. The molecule has 18 heavy (non-hydrogen) atoms. The zero-order valence-corrected chi connectivity index (χ0v) is 12.0. The monoisotopic (exact) mass is 271 g/mol. The lowest BCUT2D eigenvalue weighted by Gasteiger charge is -2.09. The Balaban J connectivity index is 2.22. The Labute approximate surface area is 112 Å². The molecule has 0 spiro atoms. The van der Waals surface area contributed by atoms with Crippen LogP contribution in [0.15, 0.2) is 5.38 Å². The van der Waals surface area contributed by atoms with E-state index in [-0.39, 0.29) is 5.91 Å². The number of hydrogen-bond donors (Lipinski definition) is 1. The fraction of sp³-hybridized carbons (Fsp3) is 0.667. The smallest absolute Gasteiger partial charge is 0.226 e. The third kappa shape index (κ3) is 6.09. The number of ether oxygens (including phenoxy) is 1. The van der Waals surface area contributed by atoms with Gasteiger partial charge in [-0.25, -0.2) is 4.98 Å². The lowest BCUT2D eigenvalue weighted by atomic mass is 10.3. The molecule has 0 aliphatic carbocycles. The Morgan fingerprint density at radius 3 is 3.00 bits per heavy atom. The molecule has 0 saturated heterocycles. The van der Waals surface area contributed by atoms with Crippen LogP contribution in [0.1, 0.15) is 17.1 Å². The summed E-state index contributed by atoms with van der Waals surface area (Å²) in [5.41, 5.74) is 0.817. The molecule has 0 saturated carbocycles. The van der Waals surface area contributed by atoms with Crippen LogP contribution in [0.25, 0.3) is 0 Å². The summed E-state index contributed by atoms with van der Waals surface area (Å²) in [5.74, 6) is 0.0306. The van der Waals surface area contributed by atoms with Crippen molar-refractivity contribution in [2.45, 2.75) is 19.4 Å². The SMILES string of the molecule is COCc1nc(CC(=O)NCCCN(C)C)cs1. The summed E-state index contributed by atoms with van der Waals surface area (Å²) in [5, 5.41) is 5.72. The van der Waals surface area contributed by atoms with Crippen LogP contribution in [0.3, 0.4) is 0 Å². The van der Waals surface area contributed by atoms with Gasteiger partial charge in [0.05, 0.1) is 18.7 Å². The molecule has 0 bridgehead atoms. The predicted octanol–water partition coefficient (Wildman–Crippen LogP) is 0.900. The highest BCUT2D eigenvalue weighted by Crippen LogP contribution is 2.10. The molecule has 0 radical (unpaired) electrons. The number of nitrogens with zero attached hydrogens (tertiary/aromatic N) is 2. The first-order valence-corrected chi connectivity index (χ1v) is 6.83. The van der Waals surface area contributed by atoms with Gasteiger partial charge in [0.2, 0.25) is 5.91 Å². The van der Waals surface area contributed by atoms with Gasteiger partial charge in [-0.3, -0.25) is 4.79 Å². The molecule has 1 rings (SSSR count). The van der Waals surface area contributed by atoms with Crippen LogP contribution in [0.5, 0.6) is 0 Å². The summed E-state index contributed by atoms with van der Waals surface area (Å²) in [6, 6.07) is 0. The number of carbonyl (C=O) groups excluding carboxylic acids is 1. The molecular formula is C12H21N3O2S. The van der Waals surface area contributed by atoms with Crippen LogP contribution in [0.2, 0.25) is 0 Å². The van der Waals surface area contributed by atoms with E-state index in [2.05, 4.69) is 15.2 Å². The van der Waals surface area contributed by atoms with Gasteiger partial charge in [-0.05, 0) is 27.1 Å². The van der Waals surface area contributed by atoms with Crippen molar-refractivity contribution in [2.75, 3.05) is 34.3 Å². The number of carbonyl (C=O) groups is 1. The Morgan fingerprint density at radius 2 is 2.33 bits per heavy atom. The van der Waals surface area contributed by atoms with Crippen molar-refractivity contribution in [3.05, 3.63) is 16.1 Å². The minimum Gasteiger partial charge on any atom is -0.378 e. The number of methoxy groups -OCH3 is 1. The third-order valence-electron chi connectivity index (χ3n) is 2.31. The van der Waals surface area contributed by atoms with Crippen molar-refractivity contribution >= 4 is 17.2 Å². The van der Waals surface area contributed by atoms with Crippen molar-refractivity contribution in [2.24, 2.45) is 0 Å². The number of nitrogens with one attached hydrogen (secondary N) is 1. The third-order valence-corrected chi connectivity index (χ3v) is 3.18. The van der Waals surface area contributed by atoms with Gasteiger partial charge in [-0.2, -0.15) is 0 Å². The fourth-order valence-electron chi connectivity index (χ4n) is 1.47. The van der Waals surface area contributed by atoms with Crippen LogP contribution in [-0.4, -0.2) is 50.1 Å².